The van der Waals surface area contributed by atoms with Gasteiger partial charge in [-0.25, -0.2) is 0 Å². The number of rotatable bonds is 1. The Morgan fingerprint density at radius 3 is 2.54 bits per heavy atom. The van der Waals surface area contributed by atoms with E-state index < -0.39 is 0 Å². The second-order valence-electron chi connectivity index (χ2n) is 4.75. The molecule has 0 aromatic carbocycles. The van der Waals surface area contributed by atoms with Gasteiger partial charge in [-0.1, -0.05) is 20.8 Å². The van der Waals surface area contributed by atoms with E-state index in [1.54, 1.807) is 0 Å². The van der Waals surface area contributed by atoms with E-state index >= 15 is 0 Å². The Balaban J connectivity index is 2.59. The summed E-state index contributed by atoms with van der Waals surface area (Å²) in [5.74, 6) is -0.212. The van der Waals surface area contributed by atoms with E-state index in [0.29, 0.717) is 6.04 Å². The first-order valence-electron chi connectivity index (χ1n) is 4.86. The van der Waals surface area contributed by atoms with Crippen molar-refractivity contribution in [3.05, 3.63) is 0 Å². The lowest BCUT2D eigenvalue weighted by Gasteiger charge is -2.33. The van der Waals surface area contributed by atoms with Crippen LogP contribution in [0.15, 0.2) is 0 Å². The zero-order chi connectivity index (χ0) is 10.1. The average molecular weight is 185 g/mol. The van der Waals surface area contributed by atoms with Gasteiger partial charge in [0.05, 0.1) is 6.04 Å². The molecule has 76 valence electrons. The van der Waals surface area contributed by atoms with Crippen LogP contribution < -0.4 is 0 Å². The largest absolute Gasteiger partial charge is 0.368 e. The highest BCUT2D eigenvalue weighted by atomic mass is 16.7. The first kappa shape index (κ1) is 10.5. The second-order valence-corrected chi connectivity index (χ2v) is 4.75. The lowest BCUT2D eigenvalue weighted by molar-refractivity contribution is -0.199. The van der Waals surface area contributed by atoms with Crippen LogP contribution in [0.2, 0.25) is 0 Å². The fraction of sp³-hybridized carbons (Fsp3) is 0.900. The monoisotopic (exact) mass is 185 g/mol. The van der Waals surface area contributed by atoms with Gasteiger partial charge < -0.3 is 4.84 Å². The van der Waals surface area contributed by atoms with Crippen LogP contribution in [-0.2, 0) is 9.63 Å². The van der Waals surface area contributed by atoms with Crippen LogP contribution in [0.4, 0.5) is 0 Å². The number of carbonyl (C=O) groups is 1. The topological polar surface area (TPSA) is 29.5 Å². The second kappa shape index (κ2) is 3.66. The van der Waals surface area contributed by atoms with Crippen LogP contribution in [0, 0.1) is 5.41 Å². The molecule has 1 aliphatic heterocycles. The van der Waals surface area contributed by atoms with Crippen LogP contribution in [0.25, 0.3) is 0 Å². The van der Waals surface area contributed by atoms with Crippen molar-refractivity contribution >= 4 is 5.97 Å². The minimum Gasteiger partial charge on any atom is -0.368 e. The van der Waals surface area contributed by atoms with Gasteiger partial charge in [0.2, 0.25) is 0 Å². The van der Waals surface area contributed by atoms with E-state index in [-0.39, 0.29) is 11.4 Å². The third-order valence-corrected chi connectivity index (χ3v) is 2.45. The Morgan fingerprint density at radius 1 is 1.46 bits per heavy atom. The molecule has 0 spiro atoms. The smallest absolute Gasteiger partial charge is 0.322 e. The maximum Gasteiger partial charge on any atom is 0.322 e. The van der Waals surface area contributed by atoms with Crippen molar-refractivity contribution in [3.63, 3.8) is 0 Å². The molecule has 3 heteroatoms. The van der Waals surface area contributed by atoms with Crippen molar-refractivity contribution in [3.8, 4) is 0 Å². The quantitative estimate of drug-likeness (QED) is 0.625. The molecule has 1 rings (SSSR count). The van der Waals surface area contributed by atoms with E-state index in [9.17, 15) is 4.79 Å². The fourth-order valence-electron chi connectivity index (χ4n) is 1.88. The molecule has 1 aliphatic rings. The number of hydrogen-bond donors (Lipinski definition) is 0. The van der Waals surface area contributed by atoms with Crippen LogP contribution in [0.1, 0.15) is 40.5 Å². The molecule has 1 saturated heterocycles. The van der Waals surface area contributed by atoms with Crippen LogP contribution in [0.3, 0.4) is 0 Å². The molecular weight excluding hydrogens is 166 g/mol. The Hall–Kier alpha value is -0.570. The van der Waals surface area contributed by atoms with Crippen molar-refractivity contribution in [1.29, 1.82) is 0 Å². The Morgan fingerprint density at radius 2 is 2.08 bits per heavy atom. The van der Waals surface area contributed by atoms with Crippen molar-refractivity contribution in [1.82, 2.24) is 5.06 Å². The lowest BCUT2D eigenvalue weighted by Crippen LogP contribution is -2.40. The lowest BCUT2D eigenvalue weighted by atomic mass is 9.86. The summed E-state index contributed by atoms with van der Waals surface area (Å²) in [7, 11) is 0. The molecule has 0 radical (unpaired) electrons. The third-order valence-electron chi connectivity index (χ3n) is 2.45. The maximum absolute atomic E-state index is 10.8. The van der Waals surface area contributed by atoms with Gasteiger partial charge in [-0.3, -0.25) is 4.79 Å². The predicted octanol–water partition coefficient (Wildman–Crippen LogP) is 1.97. The molecule has 1 fully saturated rings. The highest BCUT2D eigenvalue weighted by molar-refractivity contribution is 5.65. The molecule has 1 atom stereocenters. The molecule has 0 saturated carbocycles. The van der Waals surface area contributed by atoms with E-state index in [1.165, 1.54) is 6.92 Å². The van der Waals surface area contributed by atoms with E-state index in [4.69, 9.17) is 4.84 Å². The normalized spacial score (nSPS) is 24.8. The van der Waals surface area contributed by atoms with Gasteiger partial charge in [0.25, 0.3) is 0 Å². The fourth-order valence-corrected chi connectivity index (χ4v) is 1.88. The summed E-state index contributed by atoms with van der Waals surface area (Å²) in [6, 6.07) is 0.372. The van der Waals surface area contributed by atoms with Crippen LogP contribution >= 0.6 is 0 Å². The Kier molecular flexibility index (Phi) is 2.96. The van der Waals surface area contributed by atoms with Gasteiger partial charge in [0.1, 0.15) is 0 Å². The van der Waals surface area contributed by atoms with Crippen LogP contribution in [-0.4, -0.2) is 23.6 Å². The summed E-state index contributed by atoms with van der Waals surface area (Å²) < 4.78 is 0. The molecule has 0 amide bonds. The van der Waals surface area contributed by atoms with E-state index in [1.807, 2.05) is 5.06 Å². The molecular formula is C10H19NO2. The first-order chi connectivity index (χ1) is 5.91. The maximum atomic E-state index is 10.8. The Bertz CT molecular complexity index is 196. The molecule has 13 heavy (non-hydrogen) atoms. The zero-order valence-electron chi connectivity index (χ0n) is 8.96. The summed E-state index contributed by atoms with van der Waals surface area (Å²) in [6.45, 7) is 8.87. The van der Waals surface area contributed by atoms with Gasteiger partial charge in [-0.05, 0) is 18.3 Å². The first-order valence-corrected chi connectivity index (χ1v) is 4.86. The van der Waals surface area contributed by atoms with Gasteiger partial charge in [0.15, 0.2) is 0 Å². The van der Waals surface area contributed by atoms with Crippen LogP contribution in [0.5, 0.6) is 0 Å². The van der Waals surface area contributed by atoms with Crippen molar-refractivity contribution in [2.75, 3.05) is 6.54 Å². The summed E-state index contributed by atoms with van der Waals surface area (Å²) >= 11 is 0. The number of hydroxylamine groups is 2. The zero-order valence-corrected chi connectivity index (χ0v) is 8.96. The molecule has 0 aromatic rings. The van der Waals surface area contributed by atoms with Crippen molar-refractivity contribution in [2.45, 2.75) is 46.6 Å². The van der Waals surface area contributed by atoms with Gasteiger partial charge >= 0.3 is 5.97 Å². The average Bonchev–Trinajstić information content (AvgIpc) is 2.31. The summed E-state index contributed by atoms with van der Waals surface area (Å²) in [4.78, 5) is 16.0. The van der Waals surface area contributed by atoms with Gasteiger partial charge in [-0.2, -0.15) is 0 Å². The molecule has 0 N–H and O–H groups in total. The minimum absolute atomic E-state index is 0.186. The molecule has 1 unspecified atom stereocenters. The highest BCUT2D eigenvalue weighted by Crippen LogP contribution is 2.32. The predicted molar refractivity (Wildman–Crippen MR) is 50.9 cm³/mol. The van der Waals surface area contributed by atoms with Gasteiger partial charge in [-0.15, -0.1) is 5.06 Å². The SMILES string of the molecule is CC(=O)ON1CCCC1C(C)(C)C. The molecule has 0 aromatic heterocycles. The summed E-state index contributed by atoms with van der Waals surface area (Å²) in [6.07, 6.45) is 2.24. The number of carbonyl (C=O) groups excluding carboxylic acids is 1. The number of nitrogens with zero attached hydrogens (tertiary/aromatic N) is 1. The van der Waals surface area contributed by atoms with Gasteiger partial charge in [0, 0.05) is 13.5 Å². The highest BCUT2D eigenvalue weighted by Gasteiger charge is 2.36. The molecule has 1 heterocycles. The van der Waals surface area contributed by atoms with Crippen molar-refractivity contribution < 1.29 is 9.63 Å². The van der Waals surface area contributed by atoms with E-state index in [2.05, 4.69) is 20.8 Å². The van der Waals surface area contributed by atoms with Crippen molar-refractivity contribution in [2.24, 2.45) is 5.41 Å². The molecule has 0 aliphatic carbocycles. The molecule has 3 nitrogen and oxygen atoms in total. The minimum atomic E-state index is -0.212. The molecule has 0 bridgehead atoms. The summed E-state index contributed by atoms with van der Waals surface area (Å²) in [5.41, 5.74) is 0.186. The summed E-state index contributed by atoms with van der Waals surface area (Å²) in [5, 5.41) is 1.84. The Labute approximate surface area is 80.0 Å². The third kappa shape index (κ3) is 2.69. The standard InChI is InChI=1S/C10H19NO2/c1-8(12)13-11-7-5-6-9(11)10(2,3)4/h9H,5-7H2,1-4H3. The van der Waals surface area contributed by atoms with E-state index in [0.717, 1.165) is 19.4 Å². The number of hydrogen-bond acceptors (Lipinski definition) is 3.